The predicted octanol–water partition coefficient (Wildman–Crippen LogP) is 1.96. The summed E-state index contributed by atoms with van der Waals surface area (Å²) in [6, 6.07) is 0. The molecule has 0 aromatic rings. The molecule has 0 amide bonds. The van der Waals surface area contributed by atoms with Crippen LogP contribution in [0.3, 0.4) is 0 Å². The van der Waals surface area contributed by atoms with Gasteiger partial charge in [0.1, 0.15) is 0 Å². The van der Waals surface area contributed by atoms with Gasteiger partial charge in [-0.25, -0.2) is 0 Å². The highest BCUT2D eigenvalue weighted by atomic mass is 15.4. The van der Waals surface area contributed by atoms with Crippen molar-refractivity contribution < 1.29 is 4.48 Å². The maximum atomic E-state index is 2.62. The average Bonchev–Trinajstić information content (AvgIpc) is 2.16. The lowest BCUT2D eigenvalue weighted by atomic mass is 10.0. The van der Waals surface area contributed by atoms with Gasteiger partial charge in [0.2, 0.25) is 0 Å². The summed E-state index contributed by atoms with van der Waals surface area (Å²) < 4.78 is 1.33. The lowest BCUT2D eigenvalue weighted by molar-refractivity contribution is -0.929. The third kappa shape index (κ3) is 2.48. The zero-order valence-corrected chi connectivity index (χ0v) is 10.6. The highest BCUT2D eigenvalue weighted by Gasteiger charge is 2.33. The van der Waals surface area contributed by atoms with E-state index in [9.17, 15) is 0 Å². The smallest absolute Gasteiger partial charge is 0.0916 e. The van der Waals surface area contributed by atoms with E-state index in [0.717, 1.165) is 0 Å². The van der Waals surface area contributed by atoms with Crippen LogP contribution in [-0.4, -0.2) is 54.2 Å². The van der Waals surface area contributed by atoms with Crippen molar-refractivity contribution in [3.05, 3.63) is 0 Å². The summed E-state index contributed by atoms with van der Waals surface area (Å²) in [4.78, 5) is 2.62. The summed E-state index contributed by atoms with van der Waals surface area (Å²) in [5.41, 5.74) is 0.359. The molecule has 0 unspecified atom stereocenters. The second-order valence-electron chi connectivity index (χ2n) is 5.58. The van der Waals surface area contributed by atoms with E-state index in [0.29, 0.717) is 5.54 Å². The Morgan fingerprint density at radius 3 is 1.71 bits per heavy atom. The number of nitrogens with zero attached hydrogens (tertiary/aromatic N) is 2. The topological polar surface area (TPSA) is 3.24 Å². The van der Waals surface area contributed by atoms with Crippen LogP contribution in [0.2, 0.25) is 0 Å². The van der Waals surface area contributed by atoms with Crippen molar-refractivity contribution in [2.45, 2.75) is 40.2 Å². The molecule has 2 nitrogen and oxygen atoms in total. The summed E-state index contributed by atoms with van der Waals surface area (Å²) >= 11 is 0. The second kappa shape index (κ2) is 4.19. The van der Waals surface area contributed by atoms with E-state index in [-0.39, 0.29) is 0 Å². The van der Waals surface area contributed by atoms with Crippen LogP contribution in [0.4, 0.5) is 0 Å². The minimum Gasteiger partial charge on any atom is -0.322 e. The highest BCUT2D eigenvalue weighted by Crippen LogP contribution is 2.19. The normalized spacial score (nSPS) is 23.8. The Bertz CT molecular complexity index is 167. The highest BCUT2D eigenvalue weighted by molar-refractivity contribution is 4.78. The van der Waals surface area contributed by atoms with Gasteiger partial charge in [0, 0.05) is 18.6 Å². The van der Waals surface area contributed by atoms with Gasteiger partial charge in [0.15, 0.2) is 0 Å². The van der Waals surface area contributed by atoms with E-state index in [1.165, 1.54) is 43.8 Å². The molecule has 1 saturated heterocycles. The van der Waals surface area contributed by atoms with Crippen molar-refractivity contribution in [1.82, 2.24) is 4.90 Å². The molecule has 1 fully saturated rings. The molecule has 1 aliphatic heterocycles. The molecule has 0 bridgehead atoms. The van der Waals surface area contributed by atoms with E-state index >= 15 is 0 Å². The Morgan fingerprint density at radius 1 is 1.00 bits per heavy atom. The number of hydrogen-bond acceptors (Lipinski definition) is 1. The standard InChI is InChI=1S/C12H27N2/c1-6-14(7-2)10-8-13(9-11-14)12(3,4)5/h6-11H2,1-5H3/q+1. The van der Waals surface area contributed by atoms with Gasteiger partial charge in [-0.15, -0.1) is 0 Å². The lowest BCUT2D eigenvalue weighted by Gasteiger charge is -2.47. The first-order valence-electron chi connectivity index (χ1n) is 6.04. The third-order valence-corrected chi connectivity index (χ3v) is 3.98. The average molecular weight is 199 g/mol. The van der Waals surface area contributed by atoms with E-state index < -0.39 is 0 Å². The molecule has 84 valence electrons. The molecule has 1 aliphatic rings. The van der Waals surface area contributed by atoms with Crippen LogP contribution < -0.4 is 0 Å². The molecule has 14 heavy (non-hydrogen) atoms. The van der Waals surface area contributed by atoms with Crippen LogP contribution in [0.5, 0.6) is 0 Å². The summed E-state index contributed by atoms with van der Waals surface area (Å²) in [6.07, 6.45) is 0. The Balaban J connectivity index is 2.53. The molecule has 0 spiro atoms. The van der Waals surface area contributed by atoms with Gasteiger partial charge in [0.25, 0.3) is 0 Å². The van der Waals surface area contributed by atoms with Crippen molar-refractivity contribution in [2.75, 3.05) is 39.3 Å². The Hall–Kier alpha value is -0.0800. The number of likely N-dealkylation sites (N-methyl/N-ethyl adjacent to an activating group) is 1. The fourth-order valence-electron chi connectivity index (χ4n) is 2.42. The van der Waals surface area contributed by atoms with Gasteiger partial charge in [-0.1, -0.05) is 0 Å². The van der Waals surface area contributed by atoms with Crippen LogP contribution in [0.25, 0.3) is 0 Å². The zero-order valence-electron chi connectivity index (χ0n) is 10.6. The third-order valence-electron chi connectivity index (χ3n) is 3.98. The maximum Gasteiger partial charge on any atom is 0.0916 e. The summed E-state index contributed by atoms with van der Waals surface area (Å²) in [6.45, 7) is 19.4. The van der Waals surface area contributed by atoms with Gasteiger partial charge in [-0.3, -0.25) is 4.90 Å². The maximum absolute atomic E-state index is 2.62. The largest absolute Gasteiger partial charge is 0.322 e. The molecule has 1 rings (SSSR count). The van der Waals surface area contributed by atoms with Crippen molar-refractivity contribution in [3.63, 3.8) is 0 Å². The van der Waals surface area contributed by atoms with Crippen LogP contribution in [0.15, 0.2) is 0 Å². The van der Waals surface area contributed by atoms with E-state index in [4.69, 9.17) is 0 Å². The predicted molar refractivity (Wildman–Crippen MR) is 62.4 cm³/mol. The van der Waals surface area contributed by atoms with Crippen LogP contribution in [0.1, 0.15) is 34.6 Å². The van der Waals surface area contributed by atoms with Crippen molar-refractivity contribution >= 4 is 0 Å². The van der Waals surface area contributed by atoms with Gasteiger partial charge in [-0.2, -0.15) is 0 Å². The Morgan fingerprint density at radius 2 is 1.43 bits per heavy atom. The van der Waals surface area contributed by atoms with Crippen LogP contribution in [-0.2, 0) is 0 Å². The van der Waals surface area contributed by atoms with Gasteiger partial charge in [-0.05, 0) is 34.6 Å². The summed E-state index contributed by atoms with van der Waals surface area (Å²) in [7, 11) is 0. The first-order chi connectivity index (χ1) is 6.43. The lowest BCUT2D eigenvalue weighted by Crippen LogP contribution is -2.62. The minimum absolute atomic E-state index is 0.359. The molecule has 0 saturated carbocycles. The van der Waals surface area contributed by atoms with Crippen molar-refractivity contribution in [2.24, 2.45) is 0 Å². The molecular weight excluding hydrogens is 172 g/mol. The number of rotatable bonds is 2. The van der Waals surface area contributed by atoms with Gasteiger partial charge >= 0.3 is 0 Å². The minimum atomic E-state index is 0.359. The van der Waals surface area contributed by atoms with Crippen LogP contribution in [0, 0.1) is 0 Å². The number of quaternary nitrogens is 1. The number of piperazine rings is 1. The van der Waals surface area contributed by atoms with Crippen molar-refractivity contribution in [1.29, 1.82) is 0 Å². The molecule has 0 N–H and O–H groups in total. The molecular formula is C12H27N2+. The van der Waals surface area contributed by atoms with Crippen LogP contribution >= 0.6 is 0 Å². The fraction of sp³-hybridized carbons (Fsp3) is 1.00. The molecule has 2 heteroatoms. The van der Waals surface area contributed by atoms with E-state index in [1.54, 1.807) is 0 Å². The second-order valence-corrected chi connectivity index (χ2v) is 5.58. The van der Waals surface area contributed by atoms with Gasteiger partial charge in [0.05, 0.1) is 26.2 Å². The number of hydrogen-bond donors (Lipinski definition) is 0. The summed E-state index contributed by atoms with van der Waals surface area (Å²) in [5.74, 6) is 0. The molecule has 1 heterocycles. The first kappa shape index (κ1) is 12.0. The van der Waals surface area contributed by atoms with E-state index in [2.05, 4.69) is 39.5 Å². The van der Waals surface area contributed by atoms with E-state index in [1.807, 2.05) is 0 Å². The zero-order chi connectivity index (χ0) is 10.8. The molecule has 0 aromatic heterocycles. The molecule has 0 aliphatic carbocycles. The fourth-order valence-corrected chi connectivity index (χ4v) is 2.42. The monoisotopic (exact) mass is 199 g/mol. The molecule has 0 aromatic carbocycles. The first-order valence-corrected chi connectivity index (χ1v) is 6.04. The quantitative estimate of drug-likeness (QED) is 0.615. The van der Waals surface area contributed by atoms with Crippen molar-refractivity contribution in [3.8, 4) is 0 Å². The Kier molecular flexibility index (Phi) is 3.59. The summed E-state index contributed by atoms with van der Waals surface area (Å²) in [5, 5.41) is 0. The SMILES string of the molecule is CC[N+]1(CC)CCN(C(C)(C)C)CC1. The molecule has 0 radical (unpaired) electrons. The Labute approximate surface area is 89.5 Å². The van der Waals surface area contributed by atoms with Gasteiger partial charge < -0.3 is 4.48 Å². The molecule has 0 atom stereocenters.